The van der Waals surface area contributed by atoms with Crippen LogP contribution in [0.5, 0.6) is 0 Å². The van der Waals surface area contributed by atoms with E-state index in [1.807, 2.05) is 0 Å². The number of nitrogens with zero attached hydrogens (tertiary/aromatic N) is 6. The van der Waals surface area contributed by atoms with Gasteiger partial charge in [-0.1, -0.05) is 0 Å². The number of H-pyrrole nitrogens is 3. The van der Waals surface area contributed by atoms with Gasteiger partial charge in [-0.3, -0.25) is 9.20 Å². The van der Waals surface area contributed by atoms with E-state index in [-0.39, 0.29) is 23.4 Å². The van der Waals surface area contributed by atoms with E-state index in [1.54, 1.807) is 12.4 Å². The second kappa shape index (κ2) is 5.98. The molecule has 0 aliphatic carbocycles. The lowest BCUT2D eigenvalue weighted by Crippen LogP contribution is -2.13. The minimum atomic E-state index is -4.54. The summed E-state index contributed by atoms with van der Waals surface area (Å²) in [4.78, 5) is 26.5. The Morgan fingerprint density at radius 1 is 1.21 bits per heavy atom. The predicted octanol–water partition coefficient (Wildman–Crippen LogP) is 1.69. The van der Waals surface area contributed by atoms with Crippen molar-refractivity contribution in [3.05, 3.63) is 58.0 Å². The molecule has 0 unspecified atom stereocenters. The van der Waals surface area contributed by atoms with Crippen molar-refractivity contribution in [2.45, 2.75) is 12.6 Å². The van der Waals surface area contributed by atoms with Gasteiger partial charge < -0.3 is 9.97 Å². The van der Waals surface area contributed by atoms with Crippen molar-refractivity contribution in [1.29, 1.82) is 0 Å². The van der Waals surface area contributed by atoms with Crippen LogP contribution in [0.4, 0.5) is 13.2 Å². The van der Waals surface area contributed by atoms with Crippen molar-refractivity contribution in [2.75, 3.05) is 0 Å². The predicted molar refractivity (Wildman–Crippen MR) is 92.9 cm³/mol. The Kier molecular flexibility index (Phi) is 3.53. The van der Waals surface area contributed by atoms with E-state index in [4.69, 9.17) is 0 Å². The third kappa shape index (κ3) is 2.74. The lowest BCUT2D eigenvalue weighted by atomic mass is 10.1. The molecule has 10 nitrogen and oxygen atoms in total. The zero-order valence-electron chi connectivity index (χ0n) is 14.3. The first kappa shape index (κ1) is 17.1. The first-order chi connectivity index (χ1) is 13.9. The van der Waals surface area contributed by atoms with Crippen LogP contribution >= 0.6 is 0 Å². The lowest BCUT2D eigenvalue weighted by molar-refractivity contribution is -0.137. The summed E-state index contributed by atoms with van der Waals surface area (Å²) in [5.74, 6) is 0.788. The second-order valence-corrected chi connectivity index (χ2v) is 6.21. The van der Waals surface area contributed by atoms with E-state index in [0.717, 1.165) is 12.1 Å². The third-order valence-electron chi connectivity index (χ3n) is 4.45. The number of hydrogen-bond acceptors (Lipinski definition) is 6. The van der Waals surface area contributed by atoms with Crippen molar-refractivity contribution < 1.29 is 13.2 Å². The average Bonchev–Trinajstić information content (AvgIpc) is 3.42. The maximum absolute atomic E-state index is 13.1. The first-order valence-corrected chi connectivity index (χ1v) is 8.29. The maximum Gasteiger partial charge on any atom is 0.416 e. The SMILES string of the molecule is O=c1[nH]c2cc(C(F)(F)F)ccc2n2c(Cc3ncc[nH]3)c(-c3nnn[nH]3)nc12. The van der Waals surface area contributed by atoms with Crippen molar-refractivity contribution in [1.82, 2.24) is 45.0 Å². The minimum Gasteiger partial charge on any atom is -0.348 e. The van der Waals surface area contributed by atoms with Crippen LogP contribution < -0.4 is 5.56 Å². The molecule has 0 saturated carbocycles. The number of hydrogen-bond donors (Lipinski definition) is 3. The summed E-state index contributed by atoms with van der Waals surface area (Å²) in [6.45, 7) is 0. The molecule has 0 atom stereocenters. The van der Waals surface area contributed by atoms with E-state index in [1.165, 1.54) is 10.5 Å². The second-order valence-electron chi connectivity index (χ2n) is 6.21. The van der Waals surface area contributed by atoms with Crippen LogP contribution in [0.3, 0.4) is 0 Å². The topological polar surface area (TPSA) is 133 Å². The zero-order valence-corrected chi connectivity index (χ0v) is 14.3. The molecule has 0 radical (unpaired) electrons. The molecule has 0 bridgehead atoms. The molecule has 0 saturated heterocycles. The summed E-state index contributed by atoms with van der Waals surface area (Å²) < 4.78 is 40.8. The summed E-state index contributed by atoms with van der Waals surface area (Å²) >= 11 is 0. The number of alkyl halides is 3. The third-order valence-corrected chi connectivity index (χ3v) is 4.45. The quantitative estimate of drug-likeness (QED) is 0.421. The van der Waals surface area contributed by atoms with Crippen LogP contribution in [0.1, 0.15) is 17.1 Å². The van der Waals surface area contributed by atoms with Gasteiger partial charge in [-0.2, -0.15) is 13.2 Å². The Morgan fingerprint density at radius 3 is 2.76 bits per heavy atom. The molecule has 0 aliphatic heterocycles. The molecular formula is C16H10F3N9O. The van der Waals surface area contributed by atoms with Crippen LogP contribution in [0.15, 0.2) is 35.4 Å². The fourth-order valence-corrected chi connectivity index (χ4v) is 3.22. The van der Waals surface area contributed by atoms with Crippen molar-refractivity contribution in [2.24, 2.45) is 0 Å². The highest BCUT2D eigenvalue weighted by Gasteiger charge is 2.31. The Labute approximate surface area is 157 Å². The fourth-order valence-electron chi connectivity index (χ4n) is 3.22. The molecule has 5 rings (SSSR count). The summed E-state index contributed by atoms with van der Waals surface area (Å²) in [6.07, 6.45) is -1.13. The minimum absolute atomic E-state index is 0.00483. The molecule has 4 aromatic heterocycles. The lowest BCUT2D eigenvalue weighted by Gasteiger charge is -2.10. The van der Waals surface area contributed by atoms with Gasteiger partial charge in [-0.05, 0) is 28.6 Å². The molecule has 1 aromatic carbocycles. The number of benzene rings is 1. The van der Waals surface area contributed by atoms with E-state index in [2.05, 4.69) is 40.6 Å². The normalized spacial score (nSPS) is 12.2. The highest BCUT2D eigenvalue weighted by atomic mass is 19.4. The number of halogens is 3. The fraction of sp³-hybridized carbons (Fsp3) is 0.125. The number of aromatic amines is 3. The Morgan fingerprint density at radius 2 is 2.07 bits per heavy atom. The van der Waals surface area contributed by atoms with Gasteiger partial charge >= 0.3 is 6.18 Å². The summed E-state index contributed by atoms with van der Waals surface area (Å²) in [6, 6.07) is 3.13. The van der Waals surface area contributed by atoms with Crippen molar-refractivity contribution >= 4 is 16.7 Å². The van der Waals surface area contributed by atoms with Gasteiger partial charge in [0.1, 0.15) is 11.5 Å². The summed E-state index contributed by atoms with van der Waals surface area (Å²) in [5, 5.41) is 13.5. The first-order valence-electron chi connectivity index (χ1n) is 8.29. The van der Waals surface area contributed by atoms with Gasteiger partial charge in [-0.25, -0.2) is 15.1 Å². The van der Waals surface area contributed by atoms with Gasteiger partial charge in [0, 0.05) is 18.8 Å². The monoisotopic (exact) mass is 401 g/mol. The number of tetrazole rings is 1. The van der Waals surface area contributed by atoms with E-state index in [9.17, 15) is 18.0 Å². The van der Waals surface area contributed by atoms with Gasteiger partial charge in [0.15, 0.2) is 5.82 Å². The molecular weight excluding hydrogens is 391 g/mol. The number of rotatable bonds is 3. The molecule has 13 heteroatoms. The molecule has 5 aromatic rings. The molecule has 0 amide bonds. The van der Waals surface area contributed by atoms with Gasteiger partial charge in [0.25, 0.3) is 5.56 Å². The largest absolute Gasteiger partial charge is 0.416 e. The maximum atomic E-state index is 13.1. The summed E-state index contributed by atoms with van der Waals surface area (Å²) in [7, 11) is 0. The highest BCUT2D eigenvalue weighted by molar-refractivity contribution is 5.80. The molecule has 146 valence electrons. The van der Waals surface area contributed by atoms with Crippen LogP contribution in [0.25, 0.3) is 28.2 Å². The Hall–Kier alpha value is -4.03. The molecule has 0 fully saturated rings. The molecule has 3 N–H and O–H groups in total. The average molecular weight is 401 g/mol. The van der Waals surface area contributed by atoms with Crippen LogP contribution in [0.2, 0.25) is 0 Å². The molecule has 4 heterocycles. The van der Waals surface area contributed by atoms with Crippen LogP contribution in [-0.2, 0) is 12.6 Å². The molecule has 29 heavy (non-hydrogen) atoms. The highest BCUT2D eigenvalue weighted by Crippen LogP contribution is 2.32. The van der Waals surface area contributed by atoms with E-state index >= 15 is 0 Å². The Bertz CT molecular complexity index is 1380. The summed E-state index contributed by atoms with van der Waals surface area (Å²) in [5.41, 5.74) is -0.347. The van der Waals surface area contributed by atoms with Crippen molar-refractivity contribution in [3.8, 4) is 11.5 Å². The number of fused-ring (bicyclic) bond motifs is 3. The van der Waals surface area contributed by atoms with Gasteiger partial charge in [0.05, 0.1) is 22.3 Å². The number of nitrogens with one attached hydrogen (secondary N) is 3. The zero-order chi connectivity index (χ0) is 20.2. The van der Waals surface area contributed by atoms with Crippen LogP contribution in [0, 0.1) is 0 Å². The number of imidazole rings is 2. The van der Waals surface area contributed by atoms with Gasteiger partial charge in [-0.15, -0.1) is 5.10 Å². The Balaban J connectivity index is 1.86. The van der Waals surface area contributed by atoms with E-state index < -0.39 is 17.3 Å². The molecule has 0 spiro atoms. The molecule has 0 aliphatic rings. The van der Waals surface area contributed by atoms with Crippen LogP contribution in [-0.4, -0.2) is 45.0 Å². The number of aromatic nitrogens is 9. The van der Waals surface area contributed by atoms with E-state index in [0.29, 0.717) is 22.7 Å². The van der Waals surface area contributed by atoms with Gasteiger partial charge in [0.2, 0.25) is 5.65 Å². The smallest absolute Gasteiger partial charge is 0.348 e. The standard InChI is InChI=1S/C16H10F3N9O/c17-16(18,19)7-1-2-9-8(5-7)22-15(29)14-23-12(13-24-26-27-25-13)10(28(9)14)6-11-20-3-4-21-11/h1-5H,6H2,(H,20,21)(H,22,29)(H,24,25,26,27). The van der Waals surface area contributed by atoms with Crippen molar-refractivity contribution in [3.63, 3.8) is 0 Å².